The van der Waals surface area contributed by atoms with Gasteiger partial charge in [0.1, 0.15) is 6.07 Å². The fourth-order valence-corrected chi connectivity index (χ4v) is 1.85. The number of aldehydes is 1. The van der Waals surface area contributed by atoms with E-state index >= 15 is 0 Å². The minimum absolute atomic E-state index is 0.0996. The molecule has 1 rings (SSSR count). The minimum Gasteiger partial charge on any atom is -0.298 e. The van der Waals surface area contributed by atoms with Crippen molar-refractivity contribution in [1.29, 1.82) is 5.26 Å². The van der Waals surface area contributed by atoms with Crippen molar-refractivity contribution >= 4 is 46.3 Å². The molecule has 3 nitrogen and oxygen atoms in total. The van der Waals surface area contributed by atoms with Gasteiger partial charge in [-0.25, -0.2) is 0 Å². The van der Waals surface area contributed by atoms with E-state index in [0.29, 0.717) is 9.86 Å². The Morgan fingerprint density at radius 3 is 2.73 bits per heavy atom. The van der Waals surface area contributed by atoms with E-state index in [2.05, 4.69) is 0 Å². The molecule has 0 aliphatic heterocycles. The Kier molecular flexibility index (Phi) is 4.24. The maximum absolute atomic E-state index is 11.4. The number of carbonyl (C=O) groups excluding carboxylic acids is 2. The molecule has 0 heterocycles. The molecule has 0 saturated heterocycles. The van der Waals surface area contributed by atoms with Crippen LogP contribution in [0.4, 0.5) is 0 Å². The van der Waals surface area contributed by atoms with E-state index in [0.717, 1.165) is 0 Å². The van der Waals surface area contributed by atoms with Crippen molar-refractivity contribution in [1.82, 2.24) is 0 Å². The lowest BCUT2D eigenvalue weighted by atomic mass is 10.0. The SMILES string of the molecule is N#Cc1c(C(=O)CCl)ccc(I)c1C=O. The van der Waals surface area contributed by atoms with Crippen LogP contribution in [0.2, 0.25) is 0 Å². The van der Waals surface area contributed by atoms with Crippen LogP contribution in [0.5, 0.6) is 0 Å². The Hall–Kier alpha value is -0.930. The van der Waals surface area contributed by atoms with Gasteiger partial charge in [0, 0.05) is 14.7 Å². The standard InChI is InChI=1S/C10H5ClINO2/c11-3-10(15)6-1-2-9(12)8(5-14)7(6)4-13/h1-2,5H,3H2. The third-order valence-corrected chi connectivity index (χ3v) is 3.03. The molecule has 0 radical (unpaired) electrons. The fourth-order valence-electron chi connectivity index (χ4n) is 1.13. The molecule has 0 fully saturated rings. The molecule has 0 aliphatic rings. The van der Waals surface area contributed by atoms with Gasteiger partial charge >= 0.3 is 0 Å². The molecule has 0 unspecified atom stereocenters. The van der Waals surface area contributed by atoms with E-state index in [9.17, 15) is 9.59 Å². The monoisotopic (exact) mass is 333 g/mol. The highest BCUT2D eigenvalue weighted by Crippen LogP contribution is 2.19. The summed E-state index contributed by atoms with van der Waals surface area (Å²) in [6, 6.07) is 4.98. The van der Waals surface area contributed by atoms with Gasteiger partial charge in [0.25, 0.3) is 0 Å². The Bertz CT molecular complexity index is 465. The molecule has 0 aliphatic carbocycles. The van der Waals surface area contributed by atoms with Crippen LogP contribution in [0, 0.1) is 14.9 Å². The normalized spacial score (nSPS) is 9.40. The Morgan fingerprint density at radius 2 is 2.27 bits per heavy atom. The second kappa shape index (κ2) is 5.24. The van der Waals surface area contributed by atoms with E-state index in [1.165, 1.54) is 6.07 Å². The first kappa shape index (κ1) is 12.1. The number of halogens is 2. The largest absolute Gasteiger partial charge is 0.298 e. The summed E-state index contributed by atoms with van der Waals surface area (Å²) < 4.78 is 0.644. The highest BCUT2D eigenvalue weighted by atomic mass is 127. The number of hydrogen-bond donors (Lipinski definition) is 0. The highest BCUT2D eigenvalue weighted by Gasteiger charge is 2.15. The number of hydrogen-bond acceptors (Lipinski definition) is 3. The molecule has 1 aromatic rings. The lowest BCUT2D eigenvalue weighted by Gasteiger charge is -2.04. The van der Waals surface area contributed by atoms with Crippen molar-refractivity contribution in [2.24, 2.45) is 0 Å². The quantitative estimate of drug-likeness (QED) is 0.369. The van der Waals surface area contributed by atoms with E-state index in [1.54, 1.807) is 6.07 Å². The third-order valence-electron chi connectivity index (χ3n) is 1.84. The van der Waals surface area contributed by atoms with Crippen LogP contribution in [0.1, 0.15) is 26.3 Å². The maximum Gasteiger partial charge on any atom is 0.178 e. The van der Waals surface area contributed by atoms with Gasteiger partial charge in [-0.05, 0) is 34.7 Å². The Balaban J connectivity index is 3.50. The summed E-state index contributed by atoms with van der Waals surface area (Å²) in [4.78, 5) is 22.1. The van der Waals surface area contributed by atoms with Crippen LogP contribution in [-0.4, -0.2) is 17.9 Å². The van der Waals surface area contributed by atoms with Gasteiger partial charge < -0.3 is 0 Å². The van der Waals surface area contributed by atoms with E-state index in [1.807, 2.05) is 28.7 Å². The average molecular weight is 334 g/mol. The average Bonchev–Trinajstić information content (AvgIpc) is 2.27. The highest BCUT2D eigenvalue weighted by molar-refractivity contribution is 14.1. The molecule has 0 aromatic heterocycles. The third kappa shape index (κ3) is 2.36. The zero-order valence-electron chi connectivity index (χ0n) is 7.46. The number of Topliss-reactive ketones (excluding diaryl/α,β-unsaturated/α-hetero) is 1. The van der Waals surface area contributed by atoms with Gasteiger partial charge in [0.2, 0.25) is 0 Å². The lowest BCUT2D eigenvalue weighted by molar-refractivity contribution is 0.102. The van der Waals surface area contributed by atoms with Gasteiger partial charge in [-0.15, -0.1) is 11.6 Å². The molecule has 0 N–H and O–H groups in total. The van der Waals surface area contributed by atoms with Crippen molar-refractivity contribution in [3.63, 3.8) is 0 Å². The van der Waals surface area contributed by atoms with Gasteiger partial charge in [-0.1, -0.05) is 0 Å². The fraction of sp³-hybridized carbons (Fsp3) is 0.100. The molecule has 0 amide bonds. The summed E-state index contributed by atoms with van der Waals surface area (Å²) in [5.41, 5.74) is 0.548. The summed E-state index contributed by atoms with van der Waals surface area (Å²) in [6.07, 6.45) is 0.575. The van der Waals surface area contributed by atoms with Crippen molar-refractivity contribution in [2.75, 3.05) is 5.88 Å². The summed E-state index contributed by atoms with van der Waals surface area (Å²) in [7, 11) is 0. The molecule has 76 valence electrons. The van der Waals surface area contributed by atoms with Crippen LogP contribution < -0.4 is 0 Å². The predicted octanol–water partition coefficient (Wildman–Crippen LogP) is 2.40. The summed E-state index contributed by atoms with van der Waals surface area (Å²) >= 11 is 7.34. The first-order chi connectivity index (χ1) is 7.15. The Morgan fingerprint density at radius 1 is 1.60 bits per heavy atom. The van der Waals surface area contributed by atoms with Gasteiger partial charge in [0.15, 0.2) is 12.1 Å². The molecule has 0 saturated carbocycles. The van der Waals surface area contributed by atoms with Gasteiger partial charge in [-0.3, -0.25) is 9.59 Å². The number of rotatable bonds is 3. The van der Waals surface area contributed by atoms with Gasteiger partial charge in [0.05, 0.1) is 11.4 Å². The molecule has 5 heteroatoms. The summed E-state index contributed by atoms with van der Waals surface area (Å²) in [5.74, 6) is -0.555. The molecule has 15 heavy (non-hydrogen) atoms. The predicted molar refractivity (Wildman–Crippen MR) is 64.3 cm³/mol. The number of benzene rings is 1. The minimum atomic E-state index is -0.354. The lowest BCUT2D eigenvalue weighted by Crippen LogP contribution is -2.07. The summed E-state index contributed by atoms with van der Waals surface area (Å²) in [6.45, 7) is 0. The van der Waals surface area contributed by atoms with Crippen molar-refractivity contribution in [3.8, 4) is 6.07 Å². The van der Waals surface area contributed by atoms with Crippen LogP contribution in [-0.2, 0) is 0 Å². The molecule has 1 aromatic carbocycles. The van der Waals surface area contributed by atoms with Gasteiger partial charge in [-0.2, -0.15) is 5.26 Å². The smallest absolute Gasteiger partial charge is 0.178 e. The molecular formula is C10H5ClINO2. The Labute approximate surface area is 105 Å². The second-order valence-corrected chi connectivity index (χ2v) is 4.10. The van der Waals surface area contributed by atoms with E-state index in [-0.39, 0.29) is 28.4 Å². The topological polar surface area (TPSA) is 57.9 Å². The van der Waals surface area contributed by atoms with Crippen LogP contribution in [0.3, 0.4) is 0 Å². The van der Waals surface area contributed by atoms with Crippen molar-refractivity contribution < 1.29 is 9.59 Å². The zero-order valence-corrected chi connectivity index (χ0v) is 10.4. The number of carbonyl (C=O) groups is 2. The molecule has 0 atom stereocenters. The number of nitriles is 1. The first-order valence-electron chi connectivity index (χ1n) is 3.92. The zero-order chi connectivity index (χ0) is 11.4. The number of nitrogens with zero attached hydrogens (tertiary/aromatic N) is 1. The van der Waals surface area contributed by atoms with Crippen molar-refractivity contribution in [3.05, 3.63) is 32.4 Å². The van der Waals surface area contributed by atoms with Crippen molar-refractivity contribution in [2.45, 2.75) is 0 Å². The molecule has 0 spiro atoms. The maximum atomic E-state index is 11.4. The van der Waals surface area contributed by atoms with Crippen LogP contribution >= 0.6 is 34.2 Å². The second-order valence-electron chi connectivity index (χ2n) is 2.67. The van der Waals surface area contributed by atoms with E-state index in [4.69, 9.17) is 16.9 Å². The molecular weight excluding hydrogens is 328 g/mol. The first-order valence-corrected chi connectivity index (χ1v) is 5.54. The number of ketones is 1. The van der Waals surface area contributed by atoms with Crippen LogP contribution in [0.15, 0.2) is 12.1 Å². The molecule has 0 bridgehead atoms. The van der Waals surface area contributed by atoms with E-state index < -0.39 is 0 Å². The number of alkyl halides is 1. The van der Waals surface area contributed by atoms with Crippen LogP contribution in [0.25, 0.3) is 0 Å². The summed E-state index contributed by atoms with van der Waals surface area (Å²) in [5, 5.41) is 8.89.